The summed E-state index contributed by atoms with van der Waals surface area (Å²) in [7, 11) is -1.48. The van der Waals surface area contributed by atoms with E-state index >= 15 is 0 Å². The third-order valence-corrected chi connectivity index (χ3v) is 1.94. The Kier molecular flexibility index (Phi) is 3.38. The molecule has 0 rings (SSSR count). The summed E-state index contributed by atoms with van der Waals surface area (Å²) < 4.78 is 4.11. The van der Waals surface area contributed by atoms with Crippen LogP contribution in [-0.2, 0) is 0 Å². The first-order valence-corrected chi connectivity index (χ1v) is 7.38. The van der Waals surface area contributed by atoms with Gasteiger partial charge in [0.05, 0.1) is 0 Å². The second-order valence-corrected chi connectivity index (χ2v) is 8.48. The van der Waals surface area contributed by atoms with Crippen molar-refractivity contribution >= 4 is 8.24 Å². The average molecular weight is 174 g/mol. The van der Waals surface area contributed by atoms with Crippen LogP contribution in [0.4, 0.5) is 0 Å². The molecule has 0 heterocycles. The second kappa shape index (κ2) is 3.45. The summed E-state index contributed by atoms with van der Waals surface area (Å²) in [5.41, 5.74) is -0.958. The molecule has 0 amide bonds. The van der Waals surface area contributed by atoms with Gasteiger partial charge in [0.25, 0.3) is 0 Å². The van der Waals surface area contributed by atoms with Crippen molar-refractivity contribution in [3.8, 4) is 0 Å². The standard InChI is InChI=1S/C7H18N2OSi/c1-6-7(2,10)8-9-11(3,4)5/h10H,6H2,1-5H3. The zero-order valence-electron chi connectivity index (χ0n) is 8.05. The fourth-order valence-electron chi connectivity index (χ4n) is 0.328. The highest BCUT2D eigenvalue weighted by Gasteiger charge is 2.18. The number of aliphatic hydroxyl groups is 1. The Balaban J connectivity index is 4.13. The summed E-state index contributed by atoms with van der Waals surface area (Å²) in [6.45, 7) is 9.83. The van der Waals surface area contributed by atoms with Gasteiger partial charge in [-0.1, -0.05) is 6.92 Å². The van der Waals surface area contributed by atoms with Crippen LogP contribution in [0.2, 0.25) is 19.6 Å². The van der Waals surface area contributed by atoms with Crippen LogP contribution >= 0.6 is 0 Å². The van der Waals surface area contributed by atoms with Crippen LogP contribution in [0.15, 0.2) is 9.89 Å². The molecule has 0 bridgehead atoms. The molecule has 0 saturated heterocycles. The highest BCUT2D eigenvalue weighted by molar-refractivity contribution is 6.74. The molecule has 0 aliphatic rings. The fraction of sp³-hybridized carbons (Fsp3) is 1.00. The molecular weight excluding hydrogens is 156 g/mol. The van der Waals surface area contributed by atoms with Gasteiger partial charge in [0, 0.05) is 0 Å². The second-order valence-electron chi connectivity index (χ2n) is 3.94. The lowest BCUT2D eigenvalue weighted by Gasteiger charge is -2.16. The van der Waals surface area contributed by atoms with Gasteiger partial charge < -0.3 is 5.11 Å². The van der Waals surface area contributed by atoms with Crippen molar-refractivity contribution in [1.82, 2.24) is 0 Å². The summed E-state index contributed by atoms with van der Waals surface area (Å²) >= 11 is 0. The Morgan fingerprint density at radius 3 is 2.09 bits per heavy atom. The first-order chi connectivity index (χ1) is 4.77. The molecule has 0 aromatic heterocycles. The van der Waals surface area contributed by atoms with Crippen molar-refractivity contribution < 1.29 is 5.11 Å². The third-order valence-electron chi connectivity index (χ3n) is 1.24. The van der Waals surface area contributed by atoms with Crippen LogP contribution in [0.1, 0.15) is 20.3 Å². The molecule has 0 aliphatic carbocycles. The predicted molar refractivity (Wildman–Crippen MR) is 49.1 cm³/mol. The molecule has 1 N–H and O–H groups in total. The topological polar surface area (TPSA) is 45.0 Å². The number of rotatable bonds is 3. The third kappa shape index (κ3) is 6.19. The minimum Gasteiger partial charge on any atom is -0.368 e. The number of hydrogen-bond acceptors (Lipinski definition) is 3. The molecule has 1 atom stereocenters. The largest absolute Gasteiger partial charge is 0.368 e. The maximum absolute atomic E-state index is 9.45. The smallest absolute Gasteiger partial charge is 0.200 e. The lowest BCUT2D eigenvalue weighted by molar-refractivity contribution is 0.0589. The van der Waals surface area contributed by atoms with Gasteiger partial charge in [-0.2, -0.15) is 5.11 Å². The van der Waals surface area contributed by atoms with Crippen molar-refractivity contribution in [1.29, 1.82) is 0 Å². The molecule has 0 saturated carbocycles. The van der Waals surface area contributed by atoms with Crippen LogP contribution in [0.25, 0.3) is 0 Å². The molecule has 1 unspecified atom stereocenters. The van der Waals surface area contributed by atoms with Crippen molar-refractivity contribution in [2.75, 3.05) is 0 Å². The van der Waals surface area contributed by atoms with E-state index in [0.29, 0.717) is 6.42 Å². The molecule has 0 aliphatic heterocycles. The molecule has 0 spiro atoms. The molecule has 66 valence electrons. The normalized spacial score (nSPS) is 18.7. The summed E-state index contributed by atoms with van der Waals surface area (Å²) in [5, 5.41) is 13.3. The van der Waals surface area contributed by atoms with Crippen LogP contribution in [0.5, 0.6) is 0 Å². The van der Waals surface area contributed by atoms with Crippen LogP contribution < -0.4 is 0 Å². The lowest BCUT2D eigenvalue weighted by atomic mass is 10.2. The fourth-order valence-corrected chi connectivity index (χ4v) is 0.844. The SMILES string of the molecule is CCC(C)(O)N=N[Si](C)(C)C. The summed E-state index contributed by atoms with van der Waals surface area (Å²) in [4.78, 5) is 0. The molecule has 0 aromatic rings. The van der Waals surface area contributed by atoms with E-state index in [1.54, 1.807) is 6.92 Å². The molecule has 4 heteroatoms. The van der Waals surface area contributed by atoms with Gasteiger partial charge in [0.2, 0.25) is 0 Å². The summed E-state index contributed by atoms with van der Waals surface area (Å²) in [6, 6.07) is 0. The van der Waals surface area contributed by atoms with Crippen LogP contribution in [-0.4, -0.2) is 19.1 Å². The first kappa shape index (κ1) is 10.8. The van der Waals surface area contributed by atoms with Gasteiger partial charge in [-0.05, 0) is 33.0 Å². The predicted octanol–water partition coefficient (Wildman–Crippen LogP) is 2.39. The molecule has 0 radical (unpaired) electrons. The van der Waals surface area contributed by atoms with Gasteiger partial charge in [0.15, 0.2) is 14.0 Å². The molecule has 11 heavy (non-hydrogen) atoms. The average Bonchev–Trinajstić information content (AvgIpc) is 1.83. The van der Waals surface area contributed by atoms with Crippen molar-refractivity contribution in [3.63, 3.8) is 0 Å². The monoisotopic (exact) mass is 174 g/mol. The van der Waals surface area contributed by atoms with Gasteiger partial charge >= 0.3 is 0 Å². The van der Waals surface area contributed by atoms with Gasteiger partial charge in [-0.3, -0.25) is 0 Å². The van der Waals surface area contributed by atoms with E-state index in [9.17, 15) is 5.11 Å². The maximum atomic E-state index is 9.45. The van der Waals surface area contributed by atoms with E-state index in [-0.39, 0.29) is 0 Å². The van der Waals surface area contributed by atoms with Gasteiger partial charge in [-0.25, -0.2) is 4.78 Å². The van der Waals surface area contributed by atoms with E-state index in [1.165, 1.54) is 0 Å². The van der Waals surface area contributed by atoms with Gasteiger partial charge in [0.1, 0.15) is 0 Å². The Labute approximate surface area is 69.6 Å². The highest BCUT2D eigenvalue weighted by Crippen LogP contribution is 2.13. The zero-order chi connectivity index (χ0) is 9.12. The van der Waals surface area contributed by atoms with E-state index in [0.717, 1.165) is 0 Å². The number of nitrogens with zero attached hydrogens (tertiary/aromatic N) is 2. The molecule has 0 aromatic carbocycles. The van der Waals surface area contributed by atoms with E-state index in [1.807, 2.05) is 6.92 Å². The van der Waals surface area contributed by atoms with E-state index in [4.69, 9.17) is 0 Å². The van der Waals surface area contributed by atoms with Crippen molar-refractivity contribution in [2.45, 2.75) is 45.6 Å². The number of hydrogen-bond donors (Lipinski definition) is 1. The summed E-state index contributed by atoms with van der Waals surface area (Å²) in [6.07, 6.45) is 0.612. The highest BCUT2D eigenvalue weighted by atomic mass is 28.3. The Morgan fingerprint density at radius 2 is 1.82 bits per heavy atom. The maximum Gasteiger partial charge on any atom is 0.200 e. The van der Waals surface area contributed by atoms with Crippen LogP contribution in [0, 0.1) is 0 Å². The van der Waals surface area contributed by atoms with Crippen molar-refractivity contribution in [2.24, 2.45) is 9.89 Å². The Bertz CT molecular complexity index is 149. The Morgan fingerprint density at radius 1 is 1.36 bits per heavy atom. The molecular formula is C7H18N2OSi. The van der Waals surface area contributed by atoms with Crippen LogP contribution in [0.3, 0.4) is 0 Å². The van der Waals surface area contributed by atoms with Crippen molar-refractivity contribution in [3.05, 3.63) is 0 Å². The minimum atomic E-state index is -1.48. The van der Waals surface area contributed by atoms with E-state index in [2.05, 4.69) is 29.5 Å². The molecule has 0 fully saturated rings. The zero-order valence-corrected chi connectivity index (χ0v) is 9.05. The van der Waals surface area contributed by atoms with Gasteiger partial charge in [-0.15, -0.1) is 0 Å². The lowest BCUT2D eigenvalue weighted by Crippen LogP contribution is -2.22. The minimum absolute atomic E-state index is 0.612. The van der Waals surface area contributed by atoms with E-state index < -0.39 is 14.0 Å². The Hall–Kier alpha value is -0.223. The molecule has 3 nitrogen and oxygen atoms in total. The quantitative estimate of drug-likeness (QED) is 0.518. The summed E-state index contributed by atoms with van der Waals surface area (Å²) in [5.74, 6) is 0. The first-order valence-electron chi connectivity index (χ1n) is 3.93.